The van der Waals surface area contributed by atoms with Gasteiger partial charge in [0, 0.05) is 12.1 Å². The minimum absolute atomic E-state index is 0.00818. The lowest BCUT2D eigenvalue weighted by Gasteiger charge is -2.19. The smallest absolute Gasteiger partial charge is 0.382 e. The van der Waals surface area contributed by atoms with Crippen LogP contribution in [-0.4, -0.2) is 23.5 Å². The standard InChI is InChI=1S/C19H21N2O6P.C2H6/c22-19(25-16-6-4-5-7-16)14-20-28(26-17-8-2-1-3-9-17)27-18-12-10-15(11-13-18)21(23)24;1-2/h1-3,8-13,16,20H,4-7,14H2;1-2H3. The van der Waals surface area contributed by atoms with E-state index in [0.29, 0.717) is 11.5 Å². The average Bonchev–Trinajstić information content (AvgIpc) is 3.27. The molecule has 2 aromatic rings. The number of para-hydroxylation sites is 1. The quantitative estimate of drug-likeness (QED) is 0.245. The molecule has 1 atom stereocenters. The van der Waals surface area contributed by atoms with Gasteiger partial charge in [-0.05, 0) is 49.9 Å². The van der Waals surface area contributed by atoms with Crippen LogP contribution in [0.5, 0.6) is 11.5 Å². The van der Waals surface area contributed by atoms with Gasteiger partial charge in [-0.1, -0.05) is 32.0 Å². The Morgan fingerprint density at radius 3 is 2.17 bits per heavy atom. The minimum Gasteiger partial charge on any atom is -0.461 e. The molecule has 3 rings (SSSR count). The number of hydrogen-bond donors (Lipinski definition) is 1. The fourth-order valence-corrected chi connectivity index (χ4v) is 3.80. The molecule has 1 saturated carbocycles. The Hall–Kier alpha value is -2.70. The van der Waals surface area contributed by atoms with Crippen molar-refractivity contribution < 1.29 is 23.5 Å². The van der Waals surface area contributed by atoms with Gasteiger partial charge in [-0.25, -0.2) is 5.09 Å². The van der Waals surface area contributed by atoms with E-state index in [-0.39, 0.29) is 24.3 Å². The Balaban J connectivity index is 0.00000155. The molecule has 0 saturated heterocycles. The Bertz CT molecular complexity index is 782. The van der Waals surface area contributed by atoms with E-state index in [2.05, 4.69) is 5.09 Å². The zero-order valence-corrected chi connectivity index (χ0v) is 18.0. The lowest BCUT2D eigenvalue weighted by atomic mass is 10.3. The van der Waals surface area contributed by atoms with Crippen LogP contribution >= 0.6 is 8.53 Å². The molecule has 162 valence electrons. The number of nitrogens with one attached hydrogen (secondary N) is 1. The predicted molar refractivity (Wildman–Crippen MR) is 115 cm³/mol. The summed E-state index contributed by atoms with van der Waals surface area (Å²) >= 11 is 0. The first-order valence-corrected chi connectivity index (χ1v) is 11.2. The van der Waals surface area contributed by atoms with E-state index >= 15 is 0 Å². The predicted octanol–water partition coefficient (Wildman–Crippen LogP) is 5.38. The van der Waals surface area contributed by atoms with Gasteiger partial charge >= 0.3 is 14.5 Å². The topological polar surface area (TPSA) is 99.9 Å². The highest BCUT2D eigenvalue weighted by molar-refractivity contribution is 7.45. The van der Waals surface area contributed by atoms with Gasteiger partial charge in [0.1, 0.15) is 24.1 Å². The van der Waals surface area contributed by atoms with Crippen LogP contribution in [0.4, 0.5) is 5.69 Å². The van der Waals surface area contributed by atoms with E-state index in [0.717, 1.165) is 25.7 Å². The number of nitrogens with zero attached hydrogens (tertiary/aromatic N) is 1. The fraction of sp³-hybridized carbons (Fsp3) is 0.381. The van der Waals surface area contributed by atoms with Crippen LogP contribution in [-0.2, 0) is 9.53 Å². The number of carbonyl (C=O) groups excluding carboxylic acids is 1. The fourth-order valence-electron chi connectivity index (χ4n) is 2.75. The van der Waals surface area contributed by atoms with E-state index in [9.17, 15) is 14.9 Å². The van der Waals surface area contributed by atoms with Gasteiger partial charge in [0.25, 0.3) is 5.69 Å². The zero-order chi connectivity index (χ0) is 21.8. The molecule has 0 aliphatic heterocycles. The Labute approximate surface area is 177 Å². The average molecular weight is 434 g/mol. The van der Waals surface area contributed by atoms with Crippen molar-refractivity contribution in [2.75, 3.05) is 6.54 Å². The minimum atomic E-state index is -1.71. The van der Waals surface area contributed by atoms with Crippen molar-refractivity contribution in [2.24, 2.45) is 0 Å². The van der Waals surface area contributed by atoms with Gasteiger partial charge < -0.3 is 13.8 Å². The first kappa shape index (κ1) is 23.6. The van der Waals surface area contributed by atoms with Crippen molar-refractivity contribution in [3.05, 3.63) is 64.7 Å². The molecule has 1 N–H and O–H groups in total. The van der Waals surface area contributed by atoms with Crippen LogP contribution in [0, 0.1) is 10.1 Å². The highest BCUT2D eigenvalue weighted by atomic mass is 31.2. The summed E-state index contributed by atoms with van der Waals surface area (Å²) in [5.74, 6) is 0.611. The van der Waals surface area contributed by atoms with Crippen molar-refractivity contribution >= 4 is 20.2 Å². The van der Waals surface area contributed by atoms with Crippen molar-refractivity contribution in [1.29, 1.82) is 0 Å². The van der Waals surface area contributed by atoms with Crippen molar-refractivity contribution in [1.82, 2.24) is 5.09 Å². The number of non-ortho nitro benzene ring substituents is 1. The molecule has 1 aliphatic rings. The van der Waals surface area contributed by atoms with Crippen LogP contribution in [0.3, 0.4) is 0 Å². The normalized spacial score (nSPS) is 14.2. The van der Waals surface area contributed by atoms with Crippen LogP contribution in [0.1, 0.15) is 39.5 Å². The van der Waals surface area contributed by atoms with Crippen molar-refractivity contribution in [2.45, 2.75) is 45.6 Å². The van der Waals surface area contributed by atoms with Crippen LogP contribution in [0.2, 0.25) is 0 Å². The van der Waals surface area contributed by atoms with E-state index in [1.165, 1.54) is 24.3 Å². The number of benzene rings is 2. The first-order chi connectivity index (χ1) is 14.6. The zero-order valence-electron chi connectivity index (χ0n) is 17.2. The van der Waals surface area contributed by atoms with Gasteiger partial charge in [-0.3, -0.25) is 14.9 Å². The maximum absolute atomic E-state index is 12.1. The number of esters is 1. The lowest BCUT2D eigenvalue weighted by molar-refractivity contribution is -0.384. The molecule has 1 unspecified atom stereocenters. The number of carbonyl (C=O) groups is 1. The molecule has 0 spiro atoms. The maximum Gasteiger partial charge on any atom is 0.382 e. The van der Waals surface area contributed by atoms with Gasteiger partial charge in [0.05, 0.1) is 4.92 Å². The van der Waals surface area contributed by atoms with Crippen molar-refractivity contribution in [3.8, 4) is 11.5 Å². The summed E-state index contributed by atoms with van der Waals surface area (Å²) in [5.41, 5.74) is -0.0336. The van der Waals surface area contributed by atoms with Crippen molar-refractivity contribution in [3.63, 3.8) is 0 Å². The van der Waals surface area contributed by atoms with E-state index in [1.54, 1.807) is 12.1 Å². The summed E-state index contributed by atoms with van der Waals surface area (Å²) in [6.45, 7) is 3.95. The molecule has 8 nitrogen and oxygen atoms in total. The summed E-state index contributed by atoms with van der Waals surface area (Å²) < 4.78 is 17.0. The van der Waals surface area contributed by atoms with Gasteiger partial charge in [0.2, 0.25) is 0 Å². The third-order valence-electron chi connectivity index (χ3n) is 4.12. The second-order valence-electron chi connectivity index (χ2n) is 6.23. The summed E-state index contributed by atoms with van der Waals surface area (Å²) in [6.07, 6.45) is 3.96. The maximum atomic E-state index is 12.1. The Kier molecular flexibility index (Phi) is 10.0. The Morgan fingerprint density at radius 2 is 1.60 bits per heavy atom. The van der Waals surface area contributed by atoms with Gasteiger partial charge in [0.15, 0.2) is 0 Å². The monoisotopic (exact) mass is 434 g/mol. The lowest BCUT2D eigenvalue weighted by Crippen LogP contribution is -2.26. The number of nitro benzene ring substituents is 1. The van der Waals surface area contributed by atoms with E-state index < -0.39 is 13.4 Å². The van der Waals surface area contributed by atoms with Gasteiger partial charge in [-0.2, -0.15) is 0 Å². The second kappa shape index (κ2) is 12.8. The molecule has 0 radical (unpaired) electrons. The second-order valence-corrected chi connectivity index (χ2v) is 7.43. The SMILES string of the molecule is CC.O=C(CNP(Oc1ccccc1)Oc1ccc([N+](=O)[O-])cc1)OC1CCCC1. The van der Waals surface area contributed by atoms with Crippen LogP contribution in [0.15, 0.2) is 54.6 Å². The van der Waals surface area contributed by atoms with E-state index in [4.69, 9.17) is 13.8 Å². The van der Waals surface area contributed by atoms with Crippen LogP contribution < -0.4 is 14.1 Å². The third kappa shape index (κ3) is 7.97. The molecule has 0 amide bonds. The highest BCUT2D eigenvalue weighted by Gasteiger charge is 2.22. The molecular formula is C21H27N2O6P. The molecule has 30 heavy (non-hydrogen) atoms. The number of nitro groups is 1. The molecule has 1 fully saturated rings. The summed E-state index contributed by atoms with van der Waals surface area (Å²) in [5, 5.41) is 13.7. The molecule has 1 aliphatic carbocycles. The molecule has 0 heterocycles. The van der Waals surface area contributed by atoms with Gasteiger partial charge in [-0.15, -0.1) is 0 Å². The molecule has 9 heteroatoms. The third-order valence-corrected chi connectivity index (χ3v) is 5.29. The summed E-state index contributed by atoms with van der Waals surface area (Å²) in [6, 6.07) is 14.7. The summed E-state index contributed by atoms with van der Waals surface area (Å²) in [7, 11) is -1.71. The highest BCUT2D eigenvalue weighted by Crippen LogP contribution is 2.37. The summed E-state index contributed by atoms with van der Waals surface area (Å²) in [4.78, 5) is 22.4. The number of ether oxygens (including phenoxy) is 1. The molecular weight excluding hydrogens is 407 g/mol. The number of hydrogen-bond acceptors (Lipinski definition) is 7. The molecule has 2 aromatic carbocycles. The van der Waals surface area contributed by atoms with E-state index in [1.807, 2.05) is 32.0 Å². The Morgan fingerprint density at radius 1 is 1.03 bits per heavy atom. The molecule has 0 bridgehead atoms. The number of rotatable bonds is 9. The molecule has 0 aromatic heterocycles. The first-order valence-electron chi connectivity index (χ1n) is 9.99. The largest absolute Gasteiger partial charge is 0.461 e. The van der Waals surface area contributed by atoms with Crippen LogP contribution in [0.25, 0.3) is 0 Å².